The van der Waals surface area contributed by atoms with Crippen molar-refractivity contribution in [3.63, 3.8) is 0 Å². The highest BCUT2D eigenvalue weighted by molar-refractivity contribution is 9.10. The number of rotatable bonds is 7. The van der Waals surface area contributed by atoms with Crippen LogP contribution in [0.4, 0.5) is 0 Å². The number of hydrogen-bond acceptors (Lipinski definition) is 3. The van der Waals surface area contributed by atoms with Gasteiger partial charge < -0.3 is 5.11 Å². The summed E-state index contributed by atoms with van der Waals surface area (Å²) in [6, 6.07) is 8.22. The van der Waals surface area contributed by atoms with Gasteiger partial charge in [0.1, 0.15) is 12.2 Å². The summed E-state index contributed by atoms with van der Waals surface area (Å²) in [6.07, 6.45) is 3.19. The van der Waals surface area contributed by atoms with Crippen molar-refractivity contribution in [3.8, 4) is 0 Å². The topological polar surface area (TPSA) is 50.9 Å². The first-order valence-corrected chi connectivity index (χ1v) is 8.09. The van der Waals surface area contributed by atoms with Gasteiger partial charge in [-0.15, -0.1) is 0 Å². The highest BCUT2D eigenvalue weighted by Gasteiger charge is 2.15. The van der Waals surface area contributed by atoms with E-state index < -0.39 is 0 Å². The lowest BCUT2D eigenvalue weighted by Crippen LogP contribution is -2.18. The van der Waals surface area contributed by atoms with Gasteiger partial charge in [-0.1, -0.05) is 41.9 Å². The molecule has 0 spiro atoms. The maximum Gasteiger partial charge on any atom is 0.138 e. The van der Waals surface area contributed by atoms with E-state index in [2.05, 4.69) is 52.0 Å². The molecule has 1 aromatic carbocycles. The molecule has 0 amide bonds. The van der Waals surface area contributed by atoms with Gasteiger partial charge in [-0.25, -0.2) is 9.67 Å². The molecule has 114 valence electrons. The van der Waals surface area contributed by atoms with Crippen LogP contribution in [-0.4, -0.2) is 26.5 Å². The Hall–Kier alpha value is -1.20. The summed E-state index contributed by atoms with van der Waals surface area (Å²) in [5, 5.41) is 13.9. The lowest BCUT2D eigenvalue weighted by Gasteiger charge is -2.15. The van der Waals surface area contributed by atoms with E-state index in [0.29, 0.717) is 5.92 Å². The minimum atomic E-state index is 0.154. The number of aromatic nitrogens is 3. The van der Waals surface area contributed by atoms with Gasteiger partial charge in [0, 0.05) is 24.0 Å². The third kappa shape index (κ3) is 4.93. The van der Waals surface area contributed by atoms with E-state index in [9.17, 15) is 5.11 Å². The van der Waals surface area contributed by atoms with Crippen molar-refractivity contribution in [3.05, 3.63) is 46.5 Å². The smallest absolute Gasteiger partial charge is 0.138 e. The molecule has 1 heterocycles. The van der Waals surface area contributed by atoms with Crippen LogP contribution in [0.5, 0.6) is 0 Å². The molecule has 0 fully saturated rings. The minimum Gasteiger partial charge on any atom is -0.396 e. The highest BCUT2D eigenvalue weighted by Crippen LogP contribution is 2.17. The van der Waals surface area contributed by atoms with Gasteiger partial charge in [-0.05, 0) is 36.0 Å². The number of nitrogens with zero attached hydrogens (tertiary/aromatic N) is 3. The van der Waals surface area contributed by atoms with E-state index in [1.54, 1.807) is 6.33 Å². The first-order valence-electron chi connectivity index (χ1n) is 7.30. The van der Waals surface area contributed by atoms with E-state index >= 15 is 0 Å². The number of aliphatic hydroxyl groups excluding tert-OH is 1. The van der Waals surface area contributed by atoms with E-state index in [4.69, 9.17) is 0 Å². The molecule has 0 aliphatic heterocycles. The fraction of sp³-hybridized carbons (Fsp3) is 0.500. The predicted molar refractivity (Wildman–Crippen MR) is 87.0 cm³/mol. The van der Waals surface area contributed by atoms with Gasteiger partial charge >= 0.3 is 0 Å². The van der Waals surface area contributed by atoms with Crippen molar-refractivity contribution in [2.24, 2.45) is 11.8 Å². The molecule has 1 atom stereocenters. The molecule has 0 radical (unpaired) electrons. The van der Waals surface area contributed by atoms with Crippen LogP contribution in [-0.2, 0) is 19.4 Å². The molecule has 4 nitrogen and oxygen atoms in total. The van der Waals surface area contributed by atoms with E-state index in [-0.39, 0.29) is 12.5 Å². The Labute approximate surface area is 134 Å². The van der Waals surface area contributed by atoms with Gasteiger partial charge in [0.2, 0.25) is 0 Å². The average Bonchev–Trinajstić information content (AvgIpc) is 2.84. The summed E-state index contributed by atoms with van der Waals surface area (Å²) in [5.41, 5.74) is 1.22. The molecule has 1 aromatic heterocycles. The van der Waals surface area contributed by atoms with Gasteiger partial charge in [-0.2, -0.15) is 5.10 Å². The molecule has 1 N–H and O–H groups in total. The zero-order valence-electron chi connectivity index (χ0n) is 12.5. The molecule has 1 unspecified atom stereocenters. The van der Waals surface area contributed by atoms with Crippen molar-refractivity contribution in [1.82, 2.24) is 14.8 Å². The Kier molecular flexibility index (Phi) is 5.94. The summed E-state index contributed by atoms with van der Waals surface area (Å²) in [5.74, 6) is 1.65. The summed E-state index contributed by atoms with van der Waals surface area (Å²) >= 11 is 3.48. The van der Waals surface area contributed by atoms with Gasteiger partial charge in [-0.3, -0.25) is 0 Å². The van der Waals surface area contributed by atoms with Crippen molar-refractivity contribution in [1.29, 1.82) is 0 Å². The fourth-order valence-electron chi connectivity index (χ4n) is 2.40. The quantitative estimate of drug-likeness (QED) is 0.833. The largest absolute Gasteiger partial charge is 0.396 e. The first-order chi connectivity index (χ1) is 10.1. The van der Waals surface area contributed by atoms with Gasteiger partial charge in [0.25, 0.3) is 0 Å². The van der Waals surface area contributed by atoms with Crippen molar-refractivity contribution >= 4 is 15.9 Å². The number of halogens is 1. The van der Waals surface area contributed by atoms with Crippen molar-refractivity contribution in [2.75, 3.05) is 6.61 Å². The highest BCUT2D eigenvalue weighted by atomic mass is 79.9. The van der Waals surface area contributed by atoms with Crippen molar-refractivity contribution in [2.45, 2.75) is 33.2 Å². The van der Waals surface area contributed by atoms with Gasteiger partial charge in [0.15, 0.2) is 0 Å². The second-order valence-corrected chi connectivity index (χ2v) is 6.75. The molecule has 0 bridgehead atoms. The van der Waals surface area contributed by atoms with Crippen molar-refractivity contribution < 1.29 is 5.11 Å². The molecule has 0 aliphatic carbocycles. The predicted octanol–water partition coefficient (Wildman–Crippen LogP) is 3.09. The zero-order chi connectivity index (χ0) is 15.2. The van der Waals surface area contributed by atoms with E-state index in [0.717, 1.165) is 29.7 Å². The molecule has 21 heavy (non-hydrogen) atoms. The number of aliphatic hydroxyl groups is 1. The van der Waals surface area contributed by atoms with E-state index in [1.165, 1.54) is 5.56 Å². The SMILES string of the molecule is CC(C)Cn1ncnc1CC(CO)Cc1cccc(Br)c1. The maximum absolute atomic E-state index is 9.66. The third-order valence-electron chi connectivity index (χ3n) is 3.38. The zero-order valence-corrected chi connectivity index (χ0v) is 14.1. The second kappa shape index (κ2) is 7.71. The molecular formula is C16H22BrN3O. The van der Waals surface area contributed by atoms with Crippen LogP contribution in [0.15, 0.2) is 35.1 Å². The van der Waals surface area contributed by atoms with Crippen LogP contribution in [0, 0.1) is 11.8 Å². The molecule has 0 saturated carbocycles. The summed E-state index contributed by atoms with van der Waals surface area (Å²) in [6.45, 7) is 5.35. The Morgan fingerprint density at radius 1 is 1.29 bits per heavy atom. The second-order valence-electron chi connectivity index (χ2n) is 5.84. The number of hydrogen-bond donors (Lipinski definition) is 1. The van der Waals surface area contributed by atoms with Crippen LogP contribution in [0.2, 0.25) is 0 Å². The van der Waals surface area contributed by atoms with E-state index in [1.807, 2.05) is 16.8 Å². The standard InChI is InChI=1S/C16H22BrN3O/c1-12(2)9-20-16(18-11-19-20)8-14(10-21)6-13-4-3-5-15(17)7-13/h3-5,7,11-12,14,21H,6,8-10H2,1-2H3. The minimum absolute atomic E-state index is 0.154. The lowest BCUT2D eigenvalue weighted by molar-refractivity contribution is 0.221. The molecule has 2 rings (SSSR count). The monoisotopic (exact) mass is 351 g/mol. The summed E-state index contributed by atoms with van der Waals surface area (Å²) in [4.78, 5) is 4.35. The lowest BCUT2D eigenvalue weighted by atomic mass is 9.96. The molecule has 0 aliphatic rings. The Morgan fingerprint density at radius 2 is 2.10 bits per heavy atom. The number of benzene rings is 1. The Balaban J connectivity index is 2.04. The maximum atomic E-state index is 9.66. The average molecular weight is 352 g/mol. The fourth-order valence-corrected chi connectivity index (χ4v) is 2.85. The Bertz CT molecular complexity index is 568. The van der Waals surface area contributed by atoms with Crippen LogP contribution in [0.3, 0.4) is 0 Å². The summed E-state index contributed by atoms with van der Waals surface area (Å²) in [7, 11) is 0. The molecular weight excluding hydrogens is 330 g/mol. The molecule has 5 heteroatoms. The van der Waals surface area contributed by atoms with Gasteiger partial charge in [0.05, 0.1) is 0 Å². The van der Waals surface area contributed by atoms with Crippen LogP contribution in [0.25, 0.3) is 0 Å². The Morgan fingerprint density at radius 3 is 2.76 bits per heavy atom. The first kappa shape index (κ1) is 16.2. The van der Waals surface area contributed by atoms with Crippen LogP contribution >= 0.6 is 15.9 Å². The van der Waals surface area contributed by atoms with Crippen LogP contribution in [0.1, 0.15) is 25.2 Å². The molecule has 2 aromatic rings. The van der Waals surface area contributed by atoms with Crippen LogP contribution < -0.4 is 0 Å². The normalized spacial score (nSPS) is 12.8. The third-order valence-corrected chi connectivity index (χ3v) is 3.87. The summed E-state index contributed by atoms with van der Waals surface area (Å²) < 4.78 is 3.02. The molecule has 0 saturated heterocycles.